The second kappa shape index (κ2) is 6.16. The number of nitrogens with zero attached hydrogens (tertiary/aromatic N) is 2. The highest BCUT2D eigenvalue weighted by Crippen LogP contribution is 2.27. The molecule has 0 bridgehead atoms. The Kier molecular flexibility index (Phi) is 4.55. The molecule has 2 rings (SSSR count). The zero-order valence-corrected chi connectivity index (χ0v) is 11.4. The topological polar surface area (TPSA) is 77.3 Å². The summed E-state index contributed by atoms with van der Waals surface area (Å²) in [7, 11) is 0. The molecule has 0 aliphatic carbocycles. The van der Waals surface area contributed by atoms with E-state index in [0.717, 1.165) is 19.4 Å². The van der Waals surface area contributed by atoms with Crippen LogP contribution in [-0.4, -0.2) is 29.2 Å². The molecule has 0 saturated carbocycles. The number of hydrogen-bond acceptors (Lipinski definition) is 5. The van der Waals surface area contributed by atoms with Crippen LogP contribution in [0.1, 0.15) is 19.8 Å². The van der Waals surface area contributed by atoms with E-state index in [-0.39, 0.29) is 22.6 Å². The molecule has 2 heterocycles. The minimum atomic E-state index is -0.482. The van der Waals surface area contributed by atoms with E-state index < -0.39 is 4.92 Å². The van der Waals surface area contributed by atoms with E-state index in [9.17, 15) is 10.1 Å². The molecule has 0 amide bonds. The average Bonchev–Trinajstić information content (AvgIpc) is 2.84. The van der Waals surface area contributed by atoms with E-state index in [0.29, 0.717) is 12.5 Å². The van der Waals surface area contributed by atoms with Gasteiger partial charge in [-0.15, -0.1) is 0 Å². The normalized spacial score (nSPS) is 22.4. The van der Waals surface area contributed by atoms with Gasteiger partial charge in [-0.2, -0.15) is 0 Å². The average molecular weight is 286 g/mol. The fourth-order valence-electron chi connectivity index (χ4n) is 2.31. The van der Waals surface area contributed by atoms with Gasteiger partial charge in [0.15, 0.2) is 0 Å². The number of nitrogens with one attached hydrogen (secondary N) is 1. The zero-order valence-electron chi connectivity index (χ0n) is 10.6. The van der Waals surface area contributed by atoms with Gasteiger partial charge in [-0.3, -0.25) is 10.1 Å². The van der Waals surface area contributed by atoms with Gasteiger partial charge in [0.25, 0.3) is 0 Å². The minimum absolute atomic E-state index is 0.0977. The Balaban J connectivity index is 2.05. The summed E-state index contributed by atoms with van der Waals surface area (Å²) in [5.41, 5.74) is -0.0977. The molecular formula is C12H16ClN3O3. The summed E-state index contributed by atoms with van der Waals surface area (Å²) >= 11 is 5.72. The second-order valence-corrected chi connectivity index (χ2v) is 4.96. The van der Waals surface area contributed by atoms with Crippen molar-refractivity contribution in [1.29, 1.82) is 0 Å². The van der Waals surface area contributed by atoms with Crippen molar-refractivity contribution in [3.05, 3.63) is 27.4 Å². The van der Waals surface area contributed by atoms with Crippen molar-refractivity contribution in [2.45, 2.75) is 25.9 Å². The highest BCUT2D eigenvalue weighted by atomic mass is 35.5. The maximum atomic E-state index is 10.9. The third-order valence-electron chi connectivity index (χ3n) is 3.31. The third-order valence-corrected chi connectivity index (χ3v) is 3.52. The molecule has 104 valence electrons. The summed E-state index contributed by atoms with van der Waals surface area (Å²) in [6, 6.07) is 1.30. The van der Waals surface area contributed by atoms with Crippen LogP contribution in [0, 0.1) is 16.0 Å². The number of anilines is 1. The van der Waals surface area contributed by atoms with Crippen molar-refractivity contribution in [3.63, 3.8) is 0 Å². The molecule has 1 saturated heterocycles. The number of rotatable bonds is 5. The molecule has 19 heavy (non-hydrogen) atoms. The lowest BCUT2D eigenvalue weighted by Crippen LogP contribution is -2.23. The Morgan fingerprint density at radius 2 is 2.47 bits per heavy atom. The molecule has 7 heteroatoms. The number of hydrogen-bond donors (Lipinski definition) is 1. The first-order valence-electron chi connectivity index (χ1n) is 6.27. The van der Waals surface area contributed by atoms with Crippen LogP contribution in [0.25, 0.3) is 0 Å². The Morgan fingerprint density at radius 3 is 3.16 bits per heavy atom. The van der Waals surface area contributed by atoms with E-state index in [4.69, 9.17) is 16.3 Å². The number of nitro groups is 1. The van der Waals surface area contributed by atoms with Crippen LogP contribution in [0.3, 0.4) is 0 Å². The van der Waals surface area contributed by atoms with Gasteiger partial charge in [-0.05, 0) is 12.8 Å². The number of pyridine rings is 1. The third kappa shape index (κ3) is 3.33. The van der Waals surface area contributed by atoms with Crippen LogP contribution in [0.2, 0.25) is 5.02 Å². The lowest BCUT2D eigenvalue weighted by Gasteiger charge is -2.17. The van der Waals surface area contributed by atoms with Gasteiger partial charge in [-0.25, -0.2) is 4.98 Å². The van der Waals surface area contributed by atoms with Crippen molar-refractivity contribution in [3.8, 4) is 0 Å². The molecule has 1 fully saturated rings. The van der Waals surface area contributed by atoms with Crippen molar-refractivity contribution in [2.24, 2.45) is 5.92 Å². The predicted octanol–water partition coefficient (Wildman–Crippen LogP) is 2.87. The molecule has 0 radical (unpaired) electrons. The molecule has 1 N–H and O–H groups in total. The van der Waals surface area contributed by atoms with Gasteiger partial charge < -0.3 is 10.1 Å². The van der Waals surface area contributed by atoms with Gasteiger partial charge >= 0.3 is 5.69 Å². The molecule has 0 aromatic carbocycles. The SMILES string of the molecule is CCC1OCCC1CNc1ncc(Cl)cc1[N+](=O)[O-]. The van der Waals surface area contributed by atoms with Crippen LogP contribution in [-0.2, 0) is 4.74 Å². The largest absolute Gasteiger partial charge is 0.378 e. The first-order valence-corrected chi connectivity index (χ1v) is 6.65. The van der Waals surface area contributed by atoms with E-state index in [2.05, 4.69) is 17.2 Å². The smallest absolute Gasteiger partial charge is 0.312 e. The van der Waals surface area contributed by atoms with Gasteiger partial charge in [0.1, 0.15) is 0 Å². The Bertz CT molecular complexity index is 470. The van der Waals surface area contributed by atoms with Gasteiger partial charge in [0.05, 0.1) is 16.0 Å². The Labute approximate surface area is 116 Å². The Hall–Kier alpha value is -1.40. The molecule has 1 aromatic heterocycles. The van der Waals surface area contributed by atoms with Gasteiger partial charge in [0.2, 0.25) is 5.82 Å². The van der Waals surface area contributed by atoms with E-state index in [1.54, 1.807) is 0 Å². The first-order chi connectivity index (χ1) is 9.11. The highest BCUT2D eigenvalue weighted by molar-refractivity contribution is 6.30. The summed E-state index contributed by atoms with van der Waals surface area (Å²) in [6.45, 7) is 3.45. The van der Waals surface area contributed by atoms with E-state index >= 15 is 0 Å². The maximum absolute atomic E-state index is 10.9. The molecule has 2 atom stereocenters. The standard InChI is InChI=1S/C12H16ClN3O3/c1-2-11-8(3-4-19-11)6-14-12-10(16(17)18)5-9(13)7-15-12/h5,7-8,11H,2-4,6H2,1H3,(H,14,15). The molecule has 2 unspecified atom stereocenters. The summed E-state index contributed by atoms with van der Waals surface area (Å²) < 4.78 is 5.58. The molecule has 0 spiro atoms. The van der Waals surface area contributed by atoms with Crippen molar-refractivity contribution in [2.75, 3.05) is 18.5 Å². The van der Waals surface area contributed by atoms with Crippen LogP contribution >= 0.6 is 11.6 Å². The number of aromatic nitrogens is 1. The van der Waals surface area contributed by atoms with Gasteiger partial charge in [-0.1, -0.05) is 18.5 Å². The highest BCUT2D eigenvalue weighted by Gasteiger charge is 2.27. The van der Waals surface area contributed by atoms with E-state index in [1.807, 2.05) is 0 Å². The van der Waals surface area contributed by atoms with Gasteiger partial charge in [0, 0.05) is 31.3 Å². The van der Waals surface area contributed by atoms with Crippen molar-refractivity contribution in [1.82, 2.24) is 4.98 Å². The summed E-state index contributed by atoms with van der Waals surface area (Å²) in [5.74, 6) is 0.623. The summed E-state index contributed by atoms with van der Waals surface area (Å²) in [5, 5.41) is 14.2. The molecule has 6 nitrogen and oxygen atoms in total. The van der Waals surface area contributed by atoms with E-state index in [1.165, 1.54) is 12.3 Å². The quantitative estimate of drug-likeness (QED) is 0.665. The lowest BCUT2D eigenvalue weighted by atomic mass is 10.00. The maximum Gasteiger partial charge on any atom is 0.312 e. The number of halogens is 1. The van der Waals surface area contributed by atoms with Crippen molar-refractivity contribution < 1.29 is 9.66 Å². The Morgan fingerprint density at radius 1 is 1.68 bits per heavy atom. The fourth-order valence-corrected chi connectivity index (χ4v) is 2.46. The molecule has 1 aliphatic rings. The van der Waals surface area contributed by atoms with Crippen LogP contribution < -0.4 is 5.32 Å². The first kappa shape index (κ1) is 14.0. The van der Waals surface area contributed by atoms with Crippen LogP contribution in [0.4, 0.5) is 11.5 Å². The molecule has 1 aromatic rings. The fraction of sp³-hybridized carbons (Fsp3) is 0.583. The molecular weight excluding hydrogens is 270 g/mol. The predicted molar refractivity (Wildman–Crippen MR) is 72.5 cm³/mol. The second-order valence-electron chi connectivity index (χ2n) is 4.53. The molecule has 1 aliphatic heterocycles. The monoisotopic (exact) mass is 285 g/mol. The van der Waals surface area contributed by atoms with Crippen LogP contribution in [0.5, 0.6) is 0 Å². The minimum Gasteiger partial charge on any atom is -0.378 e. The summed E-state index contributed by atoms with van der Waals surface area (Å²) in [4.78, 5) is 14.4. The van der Waals surface area contributed by atoms with Crippen LogP contribution in [0.15, 0.2) is 12.3 Å². The zero-order chi connectivity index (χ0) is 13.8. The lowest BCUT2D eigenvalue weighted by molar-refractivity contribution is -0.384. The summed E-state index contributed by atoms with van der Waals surface area (Å²) in [6.07, 6.45) is 3.54. The number of ether oxygens (including phenoxy) is 1. The van der Waals surface area contributed by atoms with Crippen molar-refractivity contribution >= 4 is 23.1 Å².